The molecule has 1 aromatic rings. The number of alkyl halides is 3. The Bertz CT molecular complexity index is 603. The van der Waals surface area contributed by atoms with E-state index in [4.69, 9.17) is 5.73 Å². The van der Waals surface area contributed by atoms with E-state index < -0.39 is 28.8 Å². The molecule has 0 radical (unpaired) electrons. The third kappa shape index (κ3) is 4.67. The number of rotatable bonds is 5. The Kier molecular flexibility index (Phi) is 5.82. The second kappa shape index (κ2) is 6.64. The molecule has 0 aliphatic carbocycles. The summed E-state index contributed by atoms with van der Waals surface area (Å²) >= 11 is 3.08. The first kappa shape index (κ1) is 18.4. The lowest BCUT2D eigenvalue weighted by atomic mass is 10.2. The van der Waals surface area contributed by atoms with Crippen LogP contribution in [0.25, 0.3) is 0 Å². The first-order valence-corrected chi connectivity index (χ1v) is 8.29. The highest BCUT2D eigenvalue weighted by molar-refractivity contribution is 9.10. The van der Waals surface area contributed by atoms with Gasteiger partial charge in [0.05, 0.1) is 4.90 Å². The molecule has 0 fully saturated rings. The van der Waals surface area contributed by atoms with Gasteiger partial charge < -0.3 is 5.73 Å². The summed E-state index contributed by atoms with van der Waals surface area (Å²) in [5.41, 5.74) is 6.11. The quantitative estimate of drug-likeness (QED) is 0.843. The van der Waals surface area contributed by atoms with Gasteiger partial charge in [-0.25, -0.2) is 8.42 Å². The molecule has 0 saturated carbocycles. The highest BCUT2D eigenvalue weighted by Crippen LogP contribution is 2.29. The molecule has 0 atom stereocenters. The van der Waals surface area contributed by atoms with E-state index in [-0.39, 0.29) is 15.9 Å². The zero-order chi connectivity index (χ0) is 16.4. The van der Waals surface area contributed by atoms with Crippen LogP contribution < -0.4 is 5.73 Å². The average molecular weight is 389 g/mol. The van der Waals surface area contributed by atoms with Crippen molar-refractivity contribution >= 4 is 26.0 Å². The number of hydrogen-bond donors (Lipinski definition) is 1. The van der Waals surface area contributed by atoms with Crippen LogP contribution in [0.1, 0.15) is 19.4 Å². The predicted octanol–water partition coefficient (Wildman–Crippen LogP) is 2.87. The van der Waals surface area contributed by atoms with E-state index in [9.17, 15) is 21.6 Å². The van der Waals surface area contributed by atoms with Crippen molar-refractivity contribution in [3.63, 3.8) is 0 Å². The summed E-state index contributed by atoms with van der Waals surface area (Å²) in [5, 5.41) is 0. The van der Waals surface area contributed by atoms with Gasteiger partial charge in [0.15, 0.2) is 0 Å². The van der Waals surface area contributed by atoms with Crippen molar-refractivity contribution in [3.8, 4) is 0 Å². The first-order valence-electron chi connectivity index (χ1n) is 6.06. The van der Waals surface area contributed by atoms with Crippen molar-refractivity contribution in [2.45, 2.75) is 37.5 Å². The molecule has 0 amide bonds. The lowest BCUT2D eigenvalue weighted by Gasteiger charge is -2.27. The maximum atomic E-state index is 12.6. The molecule has 0 saturated heterocycles. The van der Waals surface area contributed by atoms with Gasteiger partial charge in [0.1, 0.15) is 6.54 Å². The summed E-state index contributed by atoms with van der Waals surface area (Å²) in [6, 6.07) is 3.40. The number of hydrogen-bond acceptors (Lipinski definition) is 3. The van der Waals surface area contributed by atoms with Crippen molar-refractivity contribution in [3.05, 3.63) is 28.2 Å². The number of sulfonamides is 1. The zero-order valence-electron chi connectivity index (χ0n) is 11.5. The summed E-state index contributed by atoms with van der Waals surface area (Å²) in [6.45, 7) is 1.46. The molecule has 4 nitrogen and oxygen atoms in total. The first-order chi connectivity index (χ1) is 9.49. The van der Waals surface area contributed by atoms with E-state index in [2.05, 4.69) is 15.9 Å². The molecular formula is C12H16BrF3N2O2S. The number of nitrogens with two attached hydrogens (primary N) is 1. The summed E-state index contributed by atoms with van der Waals surface area (Å²) in [6.07, 6.45) is -4.61. The van der Waals surface area contributed by atoms with Crippen LogP contribution in [0, 0.1) is 0 Å². The minimum absolute atomic E-state index is 0.193. The van der Waals surface area contributed by atoms with Crippen molar-refractivity contribution in [2.24, 2.45) is 5.73 Å². The van der Waals surface area contributed by atoms with Gasteiger partial charge in [-0.3, -0.25) is 0 Å². The molecule has 21 heavy (non-hydrogen) atoms. The van der Waals surface area contributed by atoms with Crippen LogP contribution in [0.3, 0.4) is 0 Å². The molecule has 0 bridgehead atoms. The summed E-state index contributed by atoms with van der Waals surface area (Å²) in [4.78, 5) is -0.211. The Morgan fingerprint density at radius 1 is 1.33 bits per heavy atom. The molecule has 0 heterocycles. The minimum Gasteiger partial charge on any atom is -0.326 e. The molecule has 0 unspecified atom stereocenters. The molecule has 0 aromatic heterocycles. The Hall–Kier alpha value is -0.640. The standard InChI is InChI=1S/C12H16BrF3N2O2S/c1-8(2)18(7-12(14,15)16)21(19,20)11-4-3-9(6-17)5-10(11)13/h3-5,8H,6-7,17H2,1-2H3. The van der Waals surface area contributed by atoms with Crippen molar-refractivity contribution in [1.29, 1.82) is 0 Å². The molecule has 1 aromatic carbocycles. The van der Waals surface area contributed by atoms with Crippen LogP contribution in [-0.2, 0) is 16.6 Å². The maximum Gasteiger partial charge on any atom is 0.402 e. The van der Waals surface area contributed by atoms with Gasteiger partial charge in [0.2, 0.25) is 10.0 Å². The molecule has 120 valence electrons. The van der Waals surface area contributed by atoms with E-state index in [1.165, 1.54) is 32.0 Å². The summed E-state index contributed by atoms with van der Waals surface area (Å²) in [7, 11) is -4.26. The van der Waals surface area contributed by atoms with Gasteiger partial charge in [-0.2, -0.15) is 17.5 Å². The topological polar surface area (TPSA) is 63.4 Å². The van der Waals surface area contributed by atoms with E-state index >= 15 is 0 Å². The largest absolute Gasteiger partial charge is 0.402 e. The van der Waals surface area contributed by atoms with Gasteiger partial charge >= 0.3 is 6.18 Å². The fourth-order valence-electron chi connectivity index (χ4n) is 1.73. The van der Waals surface area contributed by atoms with E-state index in [0.29, 0.717) is 9.87 Å². The Morgan fingerprint density at radius 2 is 1.90 bits per heavy atom. The number of nitrogens with zero attached hydrogens (tertiary/aromatic N) is 1. The van der Waals surface area contributed by atoms with Crippen LogP contribution in [0.15, 0.2) is 27.6 Å². The summed E-state index contributed by atoms with van der Waals surface area (Å²) in [5.74, 6) is 0. The number of benzene rings is 1. The minimum atomic E-state index is -4.61. The fraction of sp³-hybridized carbons (Fsp3) is 0.500. The molecule has 2 N–H and O–H groups in total. The van der Waals surface area contributed by atoms with Crippen molar-refractivity contribution in [1.82, 2.24) is 4.31 Å². The van der Waals surface area contributed by atoms with E-state index in [0.717, 1.165) is 0 Å². The fourth-order valence-corrected chi connectivity index (χ4v) is 4.44. The highest BCUT2D eigenvalue weighted by Gasteiger charge is 2.39. The second-order valence-electron chi connectivity index (χ2n) is 4.73. The van der Waals surface area contributed by atoms with Crippen LogP contribution in [0.4, 0.5) is 13.2 Å². The smallest absolute Gasteiger partial charge is 0.326 e. The van der Waals surface area contributed by atoms with Gasteiger partial charge in [0.25, 0.3) is 0 Å². The SMILES string of the molecule is CC(C)N(CC(F)(F)F)S(=O)(=O)c1ccc(CN)cc1Br. The van der Waals surface area contributed by atoms with Crippen molar-refractivity contribution < 1.29 is 21.6 Å². The molecule has 1 rings (SSSR count). The van der Waals surface area contributed by atoms with E-state index in [1.807, 2.05) is 0 Å². The summed E-state index contributed by atoms with van der Waals surface area (Å²) < 4.78 is 63.3. The maximum absolute atomic E-state index is 12.6. The van der Waals surface area contributed by atoms with Gasteiger partial charge in [-0.15, -0.1) is 0 Å². The van der Waals surface area contributed by atoms with Crippen LogP contribution in [0.5, 0.6) is 0 Å². The lowest BCUT2D eigenvalue weighted by molar-refractivity contribution is -0.138. The van der Waals surface area contributed by atoms with Gasteiger partial charge in [-0.1, -0.05) is 6.07 Å². The molecule has 0 spiro atoms. The Labute approximate surface area is 130 Å². The van der Waals surface area contributed by atoms with Gasteiger partial charge in [0, 0.05) is 17.1 Å². The Balaban J connectivity index is 3.30. The van der Waals surface area contributed by atoms with Crippen molar-refractivity contribution in [2.75, 3.05) is 6.54 Å². The highest BCUT2D eigenvalue weighted by atomic mass is 79.9. The van der Waals surface area contributed by atoms with Crippen LogP contribution >= 0.6 is 15.9 Å². The number of halogens is 4. The Morgan fingerprint density at radius 3 is 2.29 bits per heavy atom. The average Bonchev–Trinajstić information content (AvgIpc) is 2.33. The third-order valence-corrected chi connectivity index (χ3v) is 5.73. The van der Waals surface area contributed by atoms with Gasteiger partial charge in [-0.05, 0) is 47.5 Å². The van der Waals surface area contributed by atoms with Crippen LogP contribution in [-0.4, -0.2) is 31.5 Å². The second-order valence-corrected chi connectivity index (χ2v) is 7.44. The normalized spacial score (nSPS) is 13.2. The molecule has 0 aliphatic rings. The monoisotopic (exact) mass is 388 g/mol. The molecule has 9 heteroatoms. The zero-order valence-corrected chi connectivity index (χ0v) is 13.9. The lowest BCUT2D eigenvalue weighted by Crippen LogP contribution is -2.43. The van der Waals surface area contributed by atoms with Crippen LogP contribution in [0.2, 0.25) is 0 Å². The predicted molar refractivity (Wildman–Crippen MR) is 77.1 cm³/mol. The van der Waals surface area contributed by atoms with E-state index in [1.54, 1.807) is 0 Å². The molecular weight excluding hydrogens is 373 g/mol. The third-order valence-electron chi connectivity index (χ3n) is 2.73. The molecule has 0 aliphatic heterocycles.